The third-order valence-electron chi connectivity index (χ3n) is 3.63. The number of nitrogen functional groups attached to an aromatic ring is 1. The molecule has 0 aromatic heterocycles. The van der Waals surface area contributed by atoms with E-state index in [1.54, 1.807) is 12.1 Å². The van der Waals surface area contributed by atoms with Crippen LogP contribution >= 0.6 is 11.6 Å². The topological polar surface area (TPSA) is 52.3 Å². The average molecular weight is 312 g/mol. The summed E-state index contributed by atoms with van der Waals surface area (Å²) in [6.45, 7) is 0. The lowest BCUT2D eigenvalue weighted by Gasteiger charge is -2.14. The predicted molar refractivity (Wildman–Crippen MR) is 90.1 cm³/mol. The second-order valence-electron chi connectivity index (χ2n) is 4.93. The summed E-state index contributed by atoms with van der Waals surface area (Å²) >= 11 is 5.94. The summed E-state index contributed by atoms with van der Waals surface area (Å²) in [5.41, 5.74) is 8.64. The number of anilines is 1. The Balaban J connectivity index is 2.36. The minimum Gasteiger partial charge on any atom is -0.465 e. The summed E-state index contributed by atoms with van der Waals surface area (Å²) in [6.07, 6.45) is 0. The first-order valence-corrected chi connectivity index (χ1v) is 7.15. The van der Waals surface area contributed by atoms with Gasteiger partial charge in [0, 0.05) is 10.4 Å². The maximum atomic E-state index is 12.2. The summed E-state index contributed by atoms with van der Waals surface area (Å²) in [5.74, 6) is -0.451. The fourth-order valence-corrected chi connectivity index (χ4v) is 2.68. The Morgan fingerprint density at radius 1 is 1.09 bits per heavy atom. The number of ether oxygens (including phenoxy) is 1. The molecule has 0 amide bonds. The highest BCUT2D eigenvalue weighted by atomic mass is 35.5. The molecule has 3 nitrogen and oxygen atoms in total. The first-order valence-electron chi connectivity index (χ1n) is 6.77. The van der Waals surface area contributed by atoms with E-state index in [0.29, 0.717) is 16.3 Å². The Hall–Kier alpha value is -2.52. The van der Waals surface area contributed by atoms with Crippen LogP contribution in [0.5, 0.6) is 0 Å². The van der Waals surface area contributed by atoms with Crippen LogP contribution in [0.15, 0.2) is 54.6 Å². The van der Waals surface area contributed by atoms with Crippen molar-refractivity contribution in [3.63, 3.8) is 0 Å². The molecule has 0 aliphatic heterocycles. The smallest absolute Gasteiger partial charge is 0.340 e. The van der Waals surface area contributed by atoms with E-state index >= 15 is 0 Å². The molecule has 2 N–H and O–H groups in total. The quantitative estimate of drug-likeness (QED) is 0.559. The van der Waals surface area contributed by atoms with Crippen LogP contribution in [0, 0.1) is 0 Å². The first kappa shape index (κ1) is 14.4. The van der Waals surface area contributed by atoms with Crippen molar-refractivity contribution in [1.29, 1.82) is 0 Å². The zero-order chi connectivity index (χ0) is 15.7. The molecule has 0 bridgehead atoms. The lowest BCUT2D eigenvalue weighted by molar-refractivity contribution is 0.0603. The molecule has 0 aliphatic rings. The van der Waals surface area contributed by atoms with Crippen LogP contribution in [0.4, 0.5) is 5.69 Å². The SMILES string of the molecule is COC(=O)c1c(-c2ccc(Cl)cc2)cc2ccccc2c1N. The summed E-state index contributed by atoms with van der Waals surface area (Å²) < 4.78 is 4.91. The molecular formula is C18H14ClNO2. The number of rotatable bonds is 2. The van der Waals surface area contributed by atoms with Crippen LogP contribution < -0.4 is 5.73 Å². The van der Waals surface area contributed by atoms with Crippen molar-refractivity contribution in [3.05, 3.63) is 65.2 Å². The molecule has 0 aliphatic carbocycles. The molecule has 3 aromatic carbocycles. The predicted octanol–water partition coefficient (Wildman–Crippen LogP) is 4.53. The number of hydrogen-bond acceptors (Lipinski definition) is 3. The number of halogens is 1. The van der Waals surface area contributed by atoms with Gasteiger partial charge >= 0.3 is 5.97 Å². The van der Waals surface area contributed by atoms with Gasteiger partial charge in [0.15, 0.2) is 0 Å². The summed E-state index contributed by atoms with van der Waals surface area (Å²) in [5, 5.41) is 2.44. The van der Waals surface area contributed by atoms with Crippen LogP contribution in [0.3, 0.4) is 0 Å². The Kier molecular flexibility index (Phi) is 3.73. The van der Waals surface area contributed by atoms with E-state index in [2.05, 4.69) is 0 Å². The molecular weight excluding hydrogens is 298 g/mol. The molecule has 22 heavy (non-hydrogen) atoms. The number of hydrogen-bond donors (Lipinski definition) is 1. The number of carbonyl (C=O) groups excluding carboxylic acids is 1. The van der Waals surface area contributed by atoms with Gasteiger partial charge in [0.25, 0.3) is 0 Å². The molecule has 0 unspecified atom stereocenters. The summed E-state index contributed by atoms with van der Waals surface area (Å²) in [6, 6.07) is 16.9. The summed E-state index contributed by atoms with van der Waals surface area (Å²) in [4.78, 5) is 12.2. The van der Waals surface area contributed by atoms with Crippen molar-refractivity contribution in [3.8, 4) is 11.1 Å². The van der Waals surface area contributed by atoms with E-state index in [9.17, 15) is 4.79 Å². The Bertz CT molecular complexity index is 857. The monoisotopic (exact) mass is 311 g/mol. The normalized spacial score (nSPS) is 10.6. The molecule has 0 atom stereocenters. The maximum Gasteiger partial charge on any atom is 0.340 e. The number of methoxy groups -OCH3 is 1. The fraction of sp³-hybridized carbons (Fsp3) is 0.0556. The Morgan fingerprint density at radius 3 is 2.45 bits per heavy atom. The van der Waals surface area contributed by atoms with Crippen molar-refractivity contribution >= 4 is 34.0 Å². The minimum atomic E-state index is -0.451. The molecule has 0 spiro atoms. The van der Waals surface area contributed by atoms with Gasteiger partial charge in [-0.3, -0.25) is 0 Å². The highest BCUT2D eigenvalue weighted by molar-refractivity contribution is 6.30. The zero-order valence-electron chi connectivity index (χ0n) is 12.0. The van der Waals surface area contributed by atoms with E-state index in [-0.39, 0.29) is 0 Å². The third-order valence-corrected chi connectivity index (χ3v) is 3.89. The van der Waals surface area contributed by atoms with Crippen LogP contribution in [0.25, 0.3) is 21.9 Å². The van der Waals surface area contributed by atoms with Crippen molar-refractivity contribution in [2.45, 2.75) is 0 Å². The Labute approximate surface area is 133 Å². The average Bonchev–Trinajstić information content (AvgIpc) is 2.55. The first-order chi connectivity index (χ1) is 10.6. The van der Waals surface area contributed by atoms with Gasteiger partial charge < -0.3 is 10.5 Å². The fourth-order valence-electron chi connectivity index (χ4n) is 2.55. The van der Waals surface area contributed by atoms with Gasteiger partial charge in [-0.15, -0.1) is 0 Å². The number of benzene rings is 3. The molecule has 3 aromatic rings. The van der Waals surface area contributed by atoms with E-state index in [1.165, 1.54) is 7.11 Å². The molecule has 0 radical (unpaired) electrons. The van der Waals surface area contributed by atoms with E-state index in [0.717, 1.165) is 21.9 Å². The number of nitrogens with two attached hydrogens (primary N) is 1. The van der Waals surface area contributed by atoms with Gasteiger partial charge in [0.2, 0.25) is 0 Å². The summed E-state index contributed by atoms with van der Waals surface area (Å²) in [7, 11) is 1.35. The van der Waals surface area contributed by atoms with Crippen molar-refractivity contribution in [2.75, 3.05) is 12.8 Å². The van der Waals surface area contributed by atoms with Gasteiger partial charge in [0.05, 0.1) is 18.4 Å². The number of fused-ring (bicyclic) bond motifs is 1. The van der Waals surface area contributed by atoms with Gasteiger partial charge in [-0.2, -0.15) is 0 Å². The molecule has 110 valence electrons. The standard InChI is InChI=1S/C18H14ClNO2/c1-22-18(21)16-15(11-6-8-13(19)9-7-11)10-12-4-2-3-5-14(12)17(16)20/h2-10H,20H2,1H3. The molecule has 0 heterocycles. The lowest BCUT2D eigenvalue weighted by Crippen LogP contribution is -2.08. The highest BCUT2D eigenvalue weighted by Crippen LogP contribution is 2.35. The number of carbonyl (C=O) groups is 1. The zero-order valence-corrected chi connectivity index (χ0v) is 12.7. The molecule has 0 saturated heterocycles. The van der Waals surface area contributed by atoms with Gasteiger partial charge in [-0.1, -0.05) is 48.0 Å². The van der Waals surface area contributed by atoms with E-state index in [4.69, 9.17) is 22.1 Å². The third kappa shape index (κ3) is 2.40. The second-order valence-corrected chi connectivity index (χ2v) is 5.37. The second kappa shape index (κ2) is 5.70. The van der Waals surface area contributed by atoms with Crippen LogP contribution in [0.1, 0.15) is 10.4 Å². The largest absolute Gasteiger partial charge is 0.465 e. The van der Waals surface area contributed by atoms with Crippen LogP contribution in [-0.4, -0.2) is 13.1 Å². The highest BCUT2D eigenvalue weighted by Gasteiger charge is 2.19. The maximum absolute atomic E-state index is 12.2. The molecule has 0 saturated carbocycles. The van der Waals surface area contributed by atoms with Gasteiger partial charge in [-0.25, -0.2) is 4.79 Å². The van der Waals surface area contributed by atoms with E-state index < -0.39 is 5.97 Å². The van der Waals surface area contributed by atoms with Crippen molar-refractivity contribution < 1.29 is 9.53 Å². The van der Waals surface area contributed by atoms with Gasteiger partial charge in [-0.05, 0) is 34.7 Å². The number of esters is 1. The van der Waals surface area contributed by atoms with Crippen molar-refractivity contribution in [2.24, 2.45) is 0 Å². The minimum absolute atomic E-state index is 0.378. The van der Waals surface area contributed by atoms with E-state index in [1.807, 2.05) is 42.5 Å². The molecule has 4 heteroatoms. The lowest BCUT2D eigenvalue weighted by atomic mass is 9.93. The Morgan fingerprint density at radius 2 is 1.77 bits per heavy atom. The van der Waals surface area contributed by atoms with Crippen molar-refractivity contribution in [1.82, 2.24) is 0 Å². The molecule has 3 rings (SSSR count). The van der Waals surface area contributed by atoms with Crippen LogP contribution in [-0.2, 0) is 4.74 Å². The molecule has 0 fully saturated rings. The van der Waals surface area contributed by atoms with Crippen LogP contribution in [0.2, 0.25) is 5.02 Å². The van der Waals surface area contributed by atoms with Gasteiger partial charge in [0.1, 0.15) is 0 Å².